The van der Waals surface area contributed by atoms with Crippen molar-refractivity contribution in [2.75, 3.05) is 7.05 Å². The highest BCUT2D eigenvalue weighted by Gasteiger charge is 2.35. The highest BCUT2D eigenvalue weighted by molar-refractivity contribution is 6.03. The van der Waals surface area contributed by atoms with Gasteiger partial charge in [-0.15, -0.1) is 0 Å². The van der Waals surface area contributed by atoms with E-state index in [4.69, 9.17) is 0 Å². The zero-order valence-corrected chi connectivity index (χ0v) is 25.5. The molecule has 2 aliphatic rings. The molecule has 8 rings (SSSR count). The van der Waals surface area contributed by atoms with Gasteiger partial charge in [0.15, 0.2) is 0 Å². The number of rotatable bonds is 4. The van der Waals surface area contributed by atoms with Crippen molar-refractivity contribution in [3.8, 4) is 22.3 Å². The van der Waals surface area contributed by atoms with Crippen molar-refractivity contribution in [2.45, 2.75) is 31.5 Å². The van der Waals surface area contributed by atoms with E-state index >= 15 is 0 Å². The topological polar surface area (TPSA) is 15.3 Å². The second-order valence-electron chi connectivity index (χ2n) is 12.7. The summed E-state index contributed by atoms with van der Waals surface area (Å²) in [7, 11) is 2.21. The Balaban J connectivity index is 1.26. The van der Waals surface area contributed by atoms with Crippen LogP contribution in [0, 0.1) is 0 Å². The molecule has 214 valence electrons. The number of likely N-dealkylation sites (N-methyl/N-ethyl adjacent to an activating group) is 1. The Kier molecular flexibility index (Phi) is 6.29. The molecule has 44 heavy (non-hydrogen) atoms. The van der Waals surface area contributed by atoms with Gasteiger partial charge in [0.05, 0.1) is 6.04 Å². The number of hydrogen-bond donors (Lipinski definition) is 1. The third-order valence-corrected chi connectivity index (χ3v) is 9.83. The van der Waals surface area contributed by atoms with Crippen LogP contribution in [0.5, 0.6) is 0 Å². The molecule has 1 heterocycles. The lowest BCUT2D eigenvalue weighted by molar-refractivity contribution is 0.176. The SMILES string of the molecule is CN1C(c2ccccc2)C=C(c2ccc(-c3ccc4c(c3)C(C)(C)c3ccccc3-4)c3ccccc23)NC1c1ccccc1. The molecule has 0 saturated carbocycles. The Bertz CT molecular complexity index is 2040. The molecule has 6 aromatic carbocycles. The molecule has 6 aromatic rings. The molecular formula is C42H36N2. The summed E-state index contributed by atoms with van der Waals surface area (Å²) in [6, 6.07) is 51.2. The normalized spacial score (nSPS) is 18.8. The van der Waals surface area contributed by atoms with Crippen LogP contribution in [0.2, 0.25) is 0 Å². The van der Waals surface area contributed by atoms with Crippen LogP contribution < -0.4 is 5.32 Å². The standard InChI is InChI=1S/C42H36N2/c1-42(2)37-21-13-12-20-34(37)35-23-22-30(26-38(35)42)31-24-25-36(33-19-11-10-18-32(31)33)39-27-40(28-14-6-4-7-15-28)44(3)41(43-39)29-16-8-5-9-17-29/h4-27,40-41,43H,1-3H3. The fraction of sp³-hybridized carbons (Fsp3) is 0.143. The Morgan fingerprint density at radius 1 is 0.545 bits per heavy atom. The quantitative estimate of drug-likeness (QED) is 0.228. The number of nitrogens with one attached hydrogen (secondary N) is 1. The van der Waals surface area contributed by atoms with Crippen LogP contribution in [0.4, 0.5) is 0 Å². The predicted octanol–water partition coefficient (Wildman–Crippen LogP) is 10.1. The van der Waals surface area contributed by atoms with Gasteiger partial charge in [-0.3, -0.25) is 4.90 Å². The van der Waals surface area contributed by atoms with Gasteiger partial charge in [-0.05, 0) is 74.5 Å². The van der Waals surface area contributed by atoms with Crippen molar-refractivity contribution in [1.29, 1.82) is 0 Å². The van der Waals surface area contributed by atoms with Crippen LogP contribution in [-0.4, -0.2) is 11.9 Å². The Morgan fingerprint density at radius 2 is 1.11 bits per heavy atom. The maximum atomic E-state index is 3.93. The summed E-state index contributed by atoms with van der Waals surface area (Å²) in [5, 5.41) is 6.46. The van der Waals surface area contributed by atoms with Gasteiger partial charge >= 0.3 is 0 Å². The zero-order valence-electron chi connectivity index (χ0n) is 25.5. The summed E-state index contributed by atoms with van der Waals surface area (Å²) >= 11 is 0. The molecule has 0 fully saturated rings. The highest BCUT2D eigenvalue weighted by Crippen LogP contribution is 2.50. The Morgan fingerprint density at radius 3 is 1.86 bits per heavy atom. The van der Waals surface area contributed by atoms with E-state index in [1.54, 1.807) is 0 Å². The van der Waals surface area contributed by atoms with Gasteiger partial charge in [0, 0.05) is 16.7 Å². The largest absolute Gasteiger partial charge is 0.366 e. The number of benzene rings is 6. The summed E-state index contributed by atoms with van der Waals surface area (Å²) in [6.07, 6.45) is 2.44. The number of nitrogens with zero attached hydrogens (tertiary/aromatic N) is 1. The maximum absolute atomic E-state index is 3.93. The van der Waals surface area contributed by atoms with Crippen molar-refractivity contribution in [1.82, 2.24) is 10.2 Å². The molecule has 2 nitrogen and oxygen atoms in total. The molecule has 0 aromatic heterocycles. The summed E-state index contributed by atoms with van der Waals surface area (Å²) in [5.41, 5.74) is 13.0. The maximum Gasteiger partial charge on any atom is 0.106 e. The first-order valence-corrected chi connectivity index (χ1v) is 15.6. The Hall–Kier alpha value is -4.92. The minimum Gasteiger partial charge on any atom is -0.366 e. The molecule has 1 N–H and O–H groups in total. The van der Waals surface area contributed by atoms with Crippen LogP contribution >= 0.6 is 0 Å². The minimum absolute atomic E-state index is 0.0283. The van der Waals surface area contributed by atoms with Crippen LogP contribution in [0.25, 0.3) is 38.7 Å². The van der Waals surface area contributed by atoms with E-state index in [2.05, 4.69) is 177 Å². The first kappa shape index (κ1) is 26.7. The summed E-state index contributed by atoms with van der Waals surface area (Å²) < 4.78 is 0. The van der Waals surface area contributed by atoms with Crippen molar-refractivity contribution >= 4 is 16.5 Å². The monoisotopic (exact) mass is 568 g/mol. The van der Waals surface area contributed by atoms with Crippen molar-refractivity contribution in [2.24, 2.45) is 0 Å². The lowest BCUT2D eigenvalue weighted by atomic mass is 9.81. The van der Waals surface area contributed by atoms with Gasteiger partial charge < -0.3 is 5.32 Å². The average molecular weight is 569 g/mol. The molecule has 2 heteroatoms. The van der Waals surface area contributed by atoms with E-state index in [0.717, 1.165) is 0 Å². The summed E-state index contributed by atoms with van der Waals surface area (Å²) in [4.78, 5) is 2.43. The third-order valence-electron chi connectivity index (χ3n) is 9.83. The Labute approximate surface area is 260 Å². The van der Waals surface area contributed by atoms with Crippen LogP contribution in [0.15, 0.2) is 146 Å². The van der Waals surface area contributed by atoms with E-state index in [9.17, 15) is 0 Å². The van der Waals surface area contributed by atoms with Crippen molar-refractivity contribution in [3.05, 3.63) is 173 Å². The molecule has 0 radical (unpaired) electrons. The fourth-order valence-corrected chi connectivity index (χ4v) is 7.49. The van der Waals surface area contributed by atoms with Crippen molar-refractivity contribution in [3.63, 3.8) is 0 Å². The van der Waals surface area contributed by atoms with E-state index < -0.39 is 0 Å². The van der Waals surface area contributed by atoms with Gasteiger partial charge in [-0.1, -0.05) is 147 Å². The molecule has 0 amide bonds. The van der Waals surface area contributed by atoms with E-state index in [0.29, 0.717) is 0 Å². The predicted molar refractivity (Wildman–Crippen MR) is 184 cm³/mol. The average Bonchev–Trinajstić information content (AvgIpc) is 3.31. The lowest BCUT2D eigenvalue weighted by Gasteiger charge is -2.40. The second kappa shape index (κ2) is 10.4. The third kappa shape index (κ3) is 4.21. The number of fused-ring (bicyclic) bond motifs is 4. The van der Waals surface area contributed by atoms with Gasteiger partial charge in [0.25, 0.3) is 0 Å². The van der Waals surface area contributed by atoms with Gasteiger partial charge in [0.2, 0.25) is 0 Å². The van der Waals surface area contributed by atoms with Gasteiger partial charge in [0.1, 0.15) is 6.17 Å². The van der Waals surface area contributed by atoms with Crippen LogP contribution in [0.1, 0.15) is 53.9 Å². The van der Waals surface area contributed by atoms with E-state index in [1.807, 2.05) is 0 Å². The number of hydrogen-bond acceptors (Lipinski definition) is 2. The fourth-order valence-electron chi connectivity index (χ4n) is 7.49. The molecule has 1 aliphatic heterocycles. The molecular weight excluding hydrogens is 532 g/mol. The summed E-state index contributed by atoms with van der Waals surface area (Å²) in [5.74, 6) is 0. The molecule has 1 aliphatic carbocycles. The van der Waals surface area contributed by atoms with Crippen LogP contribution in [-0.2, 0) is 5.41 Å². The zero-order chi connectivity index (χ0) is 29.8. The molecule has 0 saturated heterocycles. The molecule has 2 unspecified atom stereocenters. The first-order chi connectivity index (χ1) is 21.5. The smallest absolute Gasteiger partial charge is 0.106 e. The van der Waals surface area contributed by atoms with Gasteiger partial charge in [-0.2, -0.15) is 0 Å². The summed E-state index contributed by atoms with van der Waals surface area (Å²) in [6.45, 7) is 4.71. The van der Waals surface area contributed by atoms with Gasteiger partial charge in [-0.25, -0.2) is 0 Å². The molecule has 0 spiro atoms. The van der Waals surface area contributed by atoms with Crippen molar-refractivity contribution < 1.29 is 0 Å². The van der Waals surface area contributed by atoms with E-state index in [1.165, 1.54) is 66.5 Å². The molecule has 2 atom stereocenters. The first-order valence-electron chi connectivity index (χ1n) is 15.6. The minimum atomic E-state index is -0.0283. The lowest BCUT2D eigenvalue weighted by Crippen LogP contribution is -2.41. The molecule has 0 bridgehead atoms. The van der Waals surface area contributed by atoms with Crippen LogP contribution in [0.3, 0.4) is 0 Å². The highest BCUT2D eigenvalue weighted by atomic mass is 15.3. The second-order valence-corrected chi connectivity index (χ2v) is 12.7. The van der Waals surface area contributed by atoms with E-state index in [-0.39, 0.29) is 17.6 Å².